The Hall–Kier alpha value is -0.440. The van der Waals surface area contributed by atoms with E-state index in [1.54, 1.807) is 4.90 Å². The van der Waals surface area contributed by atoms with Gasteiger partial charge in [-0.3, -0.25) is 0 Å². The summed E-state index contributed by atoms with van der Waals surface area (Å²) in [5.74, 6) is 0.499. The second kappa shape index (κ2) is 3.13. The molecule has 1 aliphatic heterocycles. The number of ether oxygens (including phenoxy) is 1. The number of hydrogen-bond donors (Lipinski definition) is 0. The Morgan fingerprint density at radius 1 is 1.67 bits per heavy atom. The number of alkyl halides is 1. The first kappa shape index (κ1) is 9.65. The van der Waals surface area contributed by atoms with Gasteiger partial charge >= 0.3 is 6.09 Å². The van der Waals surface area contributed by atoms with E-state index in [-0.39, 0.29) is 12.1 Å². The highest BCUT2D eigenvalue weighted by Crippen LogP contribution is 2.22. The van der Waals surface area contributed by atoms with Crippen LogP contribution in [0.5, 0.6) is 0 Å². The maximum absolute atomic E-state index is 11.2. The molecule has 0 saturated carbocycles. The standard InChI is InChI=1S/C8H14ClNO2/c1-8(2,3)12-7(11)10-5-6(10)4-9/h6H,4-5H2,1-3H3/t6-,10?/m1/s1. The fourth-order valence-electron chi connectivity index (χ4n) is 0.856. The lowest BCUT2D eigenvalue weighted by Crippen LogP contribution is -2.28. The molecule has 0 spiro atoms. The Balaban J connectivity index is 2.32. The van der Waals surface area contributed by atoms with Crippen LogP contribution in [-0.4, -0.2) is 35.1 Å². The molecule has 4 heteroatoms. The number of amides is 1. The van der Waals surface area contributed by atoms with Gasteiger partial charge in [0, 0.05) is 12.4 Å². The molecule has 1 atom stereocenters. The topological polar surface area (TPSA) is 29.3 Å². The van der Waals surface area contributed by atoms with Gasteiger partial charge in [0.2, 0.25) is 0 Å². The van der Waals surface area contributed by atoms with E-state index >= 15 is 0 Å². The van der Waals surface area contributed by atoms with Gasteiger partial charge in [0.05, 0.1) is 6.04 Å². The van der Waals surface area contributed by atoms with Crippen LogP contribution in [0.2, 0.25) is 0 Å². The summed E-state index contributed by atoms with van der Waals surface area (Å²) in [7, 11) is 0. The molecule has 1 saturated heterocycles. The number of rotatable bonds is 1. The monoisotopic (exact) mass is 191 g/mol. The number of nitrogens with zero attached hydrogens (tertiary/aromatic N) is 1. The lowest BCUT2D eigenvalue weighted by atomic mass is 10.2. The molecule has 12 heavy (non-hydrogen) atoms. The van der Waals surface area contributed by atoms with Crippen LogP contribution in [0.15, 0.2) is 0 Å². The van der Waals surface area contributed by atoms with E-state index in [2.05, 4.69) is 0 Å². The van der Waals surface area contributed by atoms with Crippen LogP contribution in [0, 0.1) is 0 Å². The average molecular weight is 192 g/mol. The van der Waals surface area contributed by atoms with E-state index in [0.717, 1.165) is 6.54 Å². The SMILES string of the molecule is CC(C)(C)OC(=O)N1C[C@H]1CCl. The Kier molecular flexibility index (Phi) is 2.52. The number of carbonyl (C=O) groups excluding carboxylic acids is 1. The molecule has 0 aliphatic carbocycles. The van der Waals surface area contributed by atoms with Crippen molar-refractivity contribution in [3.63, 3.8) is 0 Å². The predicted octanol–water partition coefficient (Wildman–Crippen LogP) is 1.84. The van der Waals surface area contributed by atoms with Gasteiger partial charge < -0.3 is 9.64 Å². The highest BCUT2D eigenvalue weighted by Gasteiger charge is 2.40. The van der Waals surface area contributed by atoms with Gasteiger partial charge in [-0.15, -0.1) is 11.6 Å². The maximum atomic E-state index is 11.2. The van der Waals surface area contributed by atoms with Crippen LogP contribution >= 0.6 is 11.6 Å². The Morgan fingerprint density at radius 3 is 2.58 bits per heavy atom. The summed E-state index contributed by atoms with van der Waals surface area (Å²) < 4.78 is 5.12. The summed E-state index contributed by atoms with van der Waals surface area (Å²) in [6.45, 7) is 6.29. The van der Waals surface area contributed by atoms with Crippen molar-refractivity contribution >= 4 is 17.7 Å². The first-order valence-electron chi connectivity index (χ1n) is 3.99. The summed E-state index contributed by atoms with van der Waals surface area (Å²) >= 11 is 5.56. The van der Waals surface area contributed by atoms with Crippen LogP contribution in [-0.2, 0) is 4.74 Å². The van der Waals surface area contributed by atoms with Gasteiger partial charge in [0.1, 0.15) is 5.60 Å². The molecule has 0 N–H and O–H groups in total. The summed E-state index contributed by atoms with van der Waals surface area (Å²) in [5.41, 5.74) is -0.406. The van der Waals surface area contributed by atoms with Gasteiger partial charge in [-0.1, -0.05) is 0 Å². The highest BCUT2D eigenvalue weighted by molar-refractivity contribution is 6.18. The van der Waals surface area contributed by atoms with E-state index in [9.17, 15) is 4.79 Å². The molecule has 1 rings (SSSR count). The van der Waals surface area contributed by atoms with Crippen molar-refractivity contribution in [2.24, 2.45) is 0 Å². The lowest BCUT2D eigenvalue weighted by molar-refractivity contribution is 0.0410. The summed E-state index contributed by atoms with van der Waals surface area (Å²) in [4.78, 5) is 12.9. The van der Waals surface area contributed by atoms with Crippen LogP contribution in [0.3, 0.4) is 0 Å². The largest absolute Gasteiger partial charge is 0.444 e. The van der Waals surface area contributed by atoms with Crippen molar-refractivity contribution in [1.82, 2.24) is 4.90 Å². The van der Waals surface area contributed by atoms with Crippen LogP contribution in [0.4, 0.5) is 4.79 Å². The van der Waals surface area contributed by atoms with Gasteiger partial charge in [-0.2, -0.15) is 0 Å². The predicted molar refractivity (Wildman–Crippen MR) is 47.4 cm³/mol. The number of carbonyl (C=O) groups is 1. The normalized spacial score (nSPS) is 22.3. The van der Waals surface area contributed by atoms with Crippen molar-refractivity contribution in [2.45, 2.75) is 32.4 Å². The van der Waals surface area contributed by atoms with Crippen LogP contribution < -0.4 is 0 Å². The zero-order chi connectivity index (χ0) is 9.35. The van der Waals surface area contributed by atoms with Gasteiger partial charge in [0.15, 0.2) is 0 Å². The molecule has 0 radical (unpaired) electrons. The minimum absolute atomic E-state index is 0.196. The van der Waals surface area contributed by atoms with Crippen molar-refractivity contribution < 1.29 is 9.53 Å². The maximum Gasteiger partial charge on any atom is 0.410 e. The molecule has 0 aromatic carbocycles. The summed E-state index contributed by atoms with van der Waals surface area (Å²) in [6, 6.07) is 0.196. The van der Waals surface area contributed by atoms with Crippen molar-refractivity contribution in [2.75, 3.05) is 12.4 Å². The first-order chi connectivity index (χ1) is 5.44. The van der Waals surface area contributed by atoms with E-state index < -0.39 is 5.60 Å². The molecule has 1 amide bonds. The molecule has 0 bridgehead atoms. The van der Waals surface area contributed by atoms with Gasteiger partial charge in [-0.05, 0) is 20.8 Å². The summed E-state index contributed by atoms with van der Waals surface area (Å²) in [5, 5.41) is 0. The smallest absolute Gasteiger partial charge is 0.410 e. The molecule has 1 aliphatic rings. The lowest BCUT2D eigenvalue weighted by Gasteiger charge is -2.19. The fraction of sp³-hybridized carbons (Fsp3) is 0.875. The number of hydrogen-bond acceptors (Lipinski definition) is 2. The van der Waals surface area contributed by atoms with Gasteiger partial charge in [0.25, 0.3) is 0 Å². The zero-order valence-electron chi connectivity index (χ0n) is 7.63. The molecule has 3 nitrogen and oxygen atoms in total. The van der Waals surface area contributed by atoms with E-state index in [0.29, 0.717) is 5.88 Å². The third-order valence-electron chi connectivity index (χ3n) is 1.52. The van der Waals surface area contributed by atoms with E-state index in [1.807, 2.05) is 20.8 Å². The Labute approximate surface area is 77.6 Å². The second-order valence-electron chi connectivity index (χ2n) is 3.94. The molecule has 1 fully saturated rings. The minimum Gasteiger partial charge on any atom is -0.444 e. The molecule has 0 aromatic rings. The van der Waals surface area contributed by atoms with Crippen molar-refractivity contribution in [3.05, 3.63) is 0 Å². The molecular formula is C8H14ClNO2. The average Bonchev–Trinajstić information content (AvgIpc) is 2.60. The Morgan fingerprint density at radius 2 is 2.25 bits per heavy atom. The zero-order valence-corrected chi connectivity index (χ0v) is 8.39. The van der Waals surface area contributed by atoms with Crippen molar-refractivity contribution in [3.8, 4) is 0 Å². The molecule has 1 heterocycles. The summed E-state index contributed by atoms with van der Waals surface area (Å²) in [6.07, 6.45) is -0.256. The minimum atomic E-state index is -0.406. The third-order valence-corrected chi connectivity index (χ3v) is 1.88. The third kappa shape index (κ3) is 2.55. The highest BCUT2D eigenvalue weighted by atomic mass is 35.5. The second-order valence-corrected chi connectivity index (χ2v) is 4.25. The molecule has 0 unspecified atom stereocenters. The number of halogens is 1. The molecule has 70 valence electrons. The van der Waals surface area contributed by atoms with E-state index in [1.165, 1.54) is 0 Å². The van der Waals surface area contributed by atoms with Crippen LogP contribution in [0.25, 0.3) is 0 Å². The molecule has 0 aromatic heterocycles. The first-order valence-corrected chi connectivity index (χ1v) is 4.53. The van der Waals surface area contributed by atoms with Crippen molar-refractivity contribution in [1.29, 1.82) is 0 Å². The quantitative estimate of drug-likeness (QED) is 0.468. The Bertz CT molecular complexity index is 188. The molecular weight excluding hydrogens is 178 g/mol. The van der Waals surface area contributed by atoms with Crippen LogP contribution in [0.1, 0.15) is 20.8 Å². The van der Waals surface area contributed by atoms with E-state index in [4.69, 9.17) is 16.3 Å². The van der Waals surface area contributed by atoms with Gasteiger partial charge in [-0.25, -0.2) is 4.79 Å². The fourth-order valence-corrected chi connectivity index (χ4v) is 1.12.